The number of pyridine rings is 1. The molecule has 1 saturated heterocycles. The maximum absolute atomic E-state index is 12.7. The molecule has 1 aliphatic heterocycles. The van der Waals surface area contributed by atoms with Gasteiger partial charge < -0.3 is 20.1 Å². The van der Waals surface area contributed by atoms with Gasteiger partial charge in [0.2, 0.25) is 0 Å². The minimum atomic E-state index is -0.136. The van der Waals surface area contributed by atoms with Crippen molar-refractivity contribution >= 4 is 28.2 Å². The molecule has 2 heterocycles. The van der Waals surface area contributed by atoms with Gasteiger partial charge >= 0.3 is 0 Å². The van der Waals surface area contributed by atoms with Crippen LogP contribution in [0, 0.1) is 0 Å². The predicted octanol–water partition coefficient (Wildman–Crippen LogP) is 3.90. The quantitative estimate of drug-likeness (QED) is 0.682. The molecule has 4 rings (SSSR count). The third kappa shape index (κ3) is 3.77. The second-order valence-electron chi connectivity index (χ2n) is 6.74. The zero-order valence-electron chi connectivity index (χ0n) is 15.8. The van der Waals surface area contributed by atoms with Crippen LogP contribution < -0.4 is 15.4 Å². The number of anilines is 2. The maximum Gasteiger partial charge on any atom is 0.253 e. The highest BCUT2D eigenvalue weighted by Crippen LogP contribution is 2.31. The summed E-state index contributed by atoms with van der Waals surface area (Å²) in [7, 11) is 1.63. The molecule has 1 amide bonds. The lowest BCUT2D eigenvalue weighted by atomic mass is 10.1. The molecule has 1 aliphatic rings. The van der Waals surface area contributed by atoms with E-state index in [9.17, 15) is 4.79 Å². The number of ether oxygens (including phenoxy) is 2. The number of hydrogen-bond donors (Lipinski definition) is 2. The van der Waals surface area contributed by atoms with E-state index in [1.54, 1.807) is 13.3 Å². The van der Waals surface area contributed by atoms with Crippen LogP contribution in [-0.2, 0) is 4.74 Å². The molecule has 0 saturated carbocycles. The van der Waals surface area contributed by atoms with E-state index in [1.165, 1.54) is 0 Å². The number of amides is 1. The van der Waals surface area contributed by atoms with Crippen LogP contribution in [0.3, 0.4) is 0 Å². The van der Waals surface area contributed by atoms with Crippen LogP contribution in [-0.4, -0.2) is 37.3 Å². The lowest BCUT2D eigenvalue weighted by molar-refractivity contribution is 0.0859. The molecular weight excluding hydrogens is 354 g/mol. The molecule has 1 fully saturated rings. The maximum atomic E-state index is 12.7. The first-order valence-corrected chi connectivity index (χ1v) is 9.44. The number of fused-ring (bicyclic) bond motifs is 1. The Morgan fingerprint density at radius 2 is 1.96 bits per heavy atom. The van der Waals surface area contributed by atoms with Crippen molar-refractivity contribution in [1.82, 2.24) is 10.3 Å². The van der Waals surface area contributed by atoms with Gasteiger partial charge in [0.05, 0.1) is 24.5 Å². The molecule has 144 valence electrons. The number of carbonyl (C=O) groups is 1. The topological polar surface area (TPSA) is 72.5 Å². The molecule has 0 spiro atoms. The summed E-state index contributed by atoms with van der Waals surface area (Å²) in [5.74, 6) is 1.27. The summed E-state index contributed by atoms with van der Waals surface area (Å²) in [6.07, 6.45) is 3.76. The van der Waals surface area contributed by atoms with Crippen molar-refractivity contribution in [3.05, 3.63) is 60.3 Å². The molecule has 1 unspecified atom stereocenters. The number of aromatic nitrogens is 1. The third-order valence-electron chi connectivity index (χ3n) is 4.91. The highest BCUT2D eigenvalue weighted by molar-refractivity contribution is 6.09. The monoisotopic (exact) mass is 377 g/mol. The van der Waals surface area contributed by atoms with Gasteiger partial charge in [-0.25, -0.2) is 4.98 Å². The summed E-state index contributed by atoms with van der Waals surface area (Å²) in [6, 6.07) is 15.4. The Morgan fingerprint density at radius 3 is 2.75 bits per heavy atom. The lowest BCUT2D eigenvalue weighted by Crippen LogP contribution is -2.32. The van der Waals surface area contributed by atoms with Gasteiger partial charge in [-0.05, 0) is 30.4 Å². The summed E-state index contributed by atoms with van der Waals surface area (Å²) in [6.45, 7) is 1.29. The van der Waals surface area contributed by atoms with Gasteiger partial charge in [-0.15, -0.1) is 0 Å². The SMILES string of the molecule is COc1ccccc1Nc1ncc(C(=O)NCC2CCCO2)c2ccccc12. The van der Waals surface area contributed by atoms with E-state index < -0.39 is 0 Å². The van der Waals surface area contributed by atoms with Gasteiger partial charge in [-0.3, -0.25) is 4.79 Å². The van der Waals surface area contributed by atoms with Gasteiger partial charge in [-0.2, -0.15) is 0 Å². The van der Waals surface area contributed by atoms with Gasteiger partial charge in [0.25, 0.3) is 5.91 Å². The van der Waals surface area contributed by atoms with E-state index in [-0.39, 0.29) is 12.0 Å². The summed E-state index contributed by atoms with van der Waals surface area (Å²) < 4.78 is 11.0. The molecule has 0 bridgehead atoms. The van der Waals surface area contributed by atoms with Gasteiger partial charge in [0.15, 0.2) is 0 Å². The smallest absolute Gasteiger partial charge is 0.253 e. The zero-order chi connectivity index (χ0) is 19.3. The molecule has 2 N–H and O–H groups in total. The van der Waals surface area contributed by atoms with Crippen molar-refractivity contribution < 1.29 is 14.3 Å². The number of benzene rings is 2. The van der Waals surface area contributed by atoms with Crippen LogP contribution in [0.5, 0.6) is 5.75 Å². The number of nitrogens with zero attached hydrogens (tertiary/aromatic N) is 1. The van der Waals surface area contributed by atoms with Crippen molar-refractivity contribution in [3.8, 4) is 5.75 Å². The van der Waals surface area contributed by atoms with Crippen LogP contribution in [0.2, 0.25) is 0 Å². The number of hydrogen-bond acceptors (Lipinski definition) is 5. The second kappa shape index (κ2) is 8.27. The highest BCUT2D eigenvalue weighted by atomic mass is 16.5. The fourth-order valence-corrected chi connectivity index (χ4v) is 3.46. The lowest BCUT2D eigenvalue weighted by Gasteiger charge is -2.15. The Balaban J connectivity index is 1.62. The number of para-hydroxylation sites is 2. The Morgan fingerprint density at radius 1 is 1.18 bits per heavy atom. The highest BCUT2D eigenvalue weighted by Gasteiger charge is 2.18. The molecule has 6 nitrogen and oxygen atoms in total. The molecule has 1 aromatic heterocycles. The van der Waals surface area contributed by atoms with E-state index in [0.717, 1.165) is 41.7 Å². The van der Waals surface area contributed by atoms with Crippen LogP contribution in [0.15, 0.2) is 54.7 Å². The number of nitrogens with one attached hydrogen (secondary N) is 2. The van der Waals surface area contributed by atoms with Gasteiger partial charge in [-0.1, -0.05) is 36.4 Å². The van der Waals surface area contributed by atoms with Crippen molar-refractivity contribution in [3.63, 3.8) is 0 Å². The fourth-order valence-electron chi connectivity index (χ4n) is 3.46. The van der Waals surface area contributed by atoms with E-state index in [2.05, 4.69) is 15.6 Å². The van der Waals surface area contributed by atoms with E-state index >= 15 is 0 Å². The standard InChI is InChI=1S/C22H23N3O3/c1-27-20-11-5-4-10-19(20)25-21-17-9-3-2-8-16(17)18(14-23-21)22(26)24-13-15-7-6-12-28-15/h2-5,8-11,14-15H,6-7,12-13H2,1H3,(H,23,25)(H,24,26). The minimum absolute atomic E-state index is 0.106. The average molecular weight is 377 g/mol. The van der Waals surface area contributed by atoms with Crippen LogP contribution >= 0.6 is 0 Å². The summed E-state index contributed by atoms with van der Waals surface area (Å²) in [4.78, 5) is 17.3. The zero-order valence-corrected chi connectivity index (χ0v) is 15.8. The third-order valence-corrected chi connectivity index (χ3v) is 4.91. The van der Waals surface area contributed by atoms with Crippen molar-refractivity contribution in [2.45, 2.75) is 18.9 Å². The molecule has 0 radical (unpaired) electrons. The summed E-state index contributed by atoms with van der Waals surface area (Å²) in [5, 5.41) is 8.02. The summed E-state index contributed by atoms with van der Waals surface area (Å²) in [5.41, 5.74) is 1.37. The molecule has 3 aromatic rings. The van der Waals surface area contributed by atoms with E-state index in [1.807, 2.05) is 48.5 Å². The van der Waals surface area contributed by atoms with Crippen LogP contribution in [0.4, 0.5) is 11.5 Å². The Hall–Kier alpha value is -3.12. The number of carbonyl (C=O) groups excluding carboxylic acids is 1. The first-order chi connectivity index (χ1) is 13.8. The van der Waals surface area contributed by atoms with Crippen LogP contribution in [0.25, 0.3) is 10.8 Å². The van der Waals surface area contributed by atoms with Crippen molar-refractivity contribution in [2.75, 3.05) is 25.6 Å². The molecule has 2 aromatic carbocycles. The molecule has 1 atom stereocenters. The van der Waals surface area contributed by atoms with Crippen molar-refractivity contribution in [1.29, 1.82) is 0 Å². The number of rotatable bonds is 6. The minimum Gasteiger partial charge on any atom is -0.495 e. The molecule has 0 aliphatic carbocycles. The first-order valence-electron chi connectivity index (χ1n) is 9.44. The molecule has 6 heteroatoms. The largest absolute Gasteiger partial charge is 0.495 e. The van der Waals surface area contributed by atoms with Gasteiger partial charge in [0, 0.05) is 24.7 Å². The van der Waals surface area contributed by atoms with Crippen molar-refractivity contribution in [2.24, 2.45) is 0 Å². The fraction of sp³-hybridized carbons (Fsp3) is 0.273. The predicted molar refractivity (Wildman–Crippen MR) is 109 cm³/mol. The second-order valence-corrected chi connectivity index (χ2v) is 6.74. The summed E-state index contributed by atoms with van der Waals surface area (Å²) >= 11 is 0. The Bertz CT molecular complexity index is 984. The normalized spacial score (nSPS) is 16.1. The molecular formula is C22H23N3O3. The number of methoxy groups -OCH3 is 1. The Kier molecular flexibility index (Phi) is 5.39. The van der Waals surface area contributed by atoms with E-state index in [4.69, 9.17) is 9.47 Å². The van der Waals surface area contributed by atoms with Gasteiger partial charge in [0.1, 0.15) is 11.6 Å². The van der Waals surface area contributed by atoms with E-state index in [0.29, 0.717) is 17.9 Å². The average Bonchev–Trinajstić information content (AvgIpc) is 3.26. The first kappa shape index (κ1) is 18.3. The molecule has 28 heavy (non-hydrogen) atoms. The van der Waals surface area contributed by atoms with Crippen LogP contribution in [0.1, 0.15) is 23.2 Å². The Labute approximate surface area is 163 Å².